The van der Waals surface area contributed by atoms with Gasteiger partial charge in [-0.15, -0.1) is 6.42 Å². The fourth-order valence-electron chi connectivity index (χ4n) is 2.05. The fraction of sp³-hybridized carbons (Fsp3) is 0.158. The first-order valence-electron chi connectivity index (χ1n) is 7.67. The zero-order valence-electron chi connectivity index (χ0n) is 14.0. The average Bonchev–Trinajstić information content (AvgIpc) is 2.61. The van der Waals surface area contributed by atoms with Crippen molar-refractivity contribution in [3.63, 3.8) is 0 Å². The summed E-state index contributed by atoms with van der Waals surface area (Å²) >= 11 is 6.77. The largest absolute Gasteiger partial charge is 0.490 e. The molecule has 1 N–H and O–H groups in total. The Morgan fingerprint density at radius 3 is 2.73 bits per heavy atom. The first-order valence-corrected chi connectivity index (χ1v) is 9.26. The van der Waals surface area contributed by atoms with Gasteiger partial charge in [-0.1, -0.05) is 18.1 Å². The van der Waals surface area contributed by atoms with Gasteiger partial charge >= 0.3 is 0 Å². The Labute approximate surface area is 169 Å². The minimum absolute atomic E-state index is 0.133. The molecule has 0 heterocycles. The van der Waals surface area contributed by atoms with Crippen molar-refractivity contribution in [2.24, 2.45) is 5.10 Å². The molecule has 0 radical (unpaired) electrons. The molecule has 0 saturated heterocycles. The minimum atomic E-state index is -0.313. The van der Waals surface area contributed by atoms with Crippen LogP contribution >= 0.6 is 31.9 Å². The van der Waals surface area contributed by atoms with Crippen LogP contribution in [0.4, 0.5) is 0 Å². The van der Waals surface area contributed by atoms with Gasteiger partial charge < -0.3 is 9.47 Å². The summed E-state index contributed by atoms with van der Waals surface area (Å²) in [6, 6.07) is 10.7. The van der Waals surface area contributed by atoms with E-state index in [1.54, 1.807) is 30.3 Å². The van der Waals surface area contributed by atoms with Gasteiger partial charge in [0.1, 0.15) is 6.61 Å². The van der Waals surface area contributed by atoms with Gasteiger partial charge in [-0.2, -0.15) is 5.10 Å². The number of nitrogens with one attached hydrogen (secondary N) is 1. The topological polar surface area (TPSA) is 59.9 Å². The number of carbonyl (C=O) groups excluding carboxylic acids is 1. The summed E-state index contributed by atoms with van der Waals surface area (Å²) < 4.78 is 12.5. The molecule has 0 aromatic heterocycles. The van der Waals surface area contributed by atoms with Crippen molar-refractivity contribution in [3.05, 3.63) is 56.5 Å². The summed E-state index contributed by atoms with van der Waals surface area (Å²) in [5.74, 6) is 3.17. The summed E-state index contributed by atoms with van der Waals surface area (Å²) in [4.78, 5) is 12.1. The third-order valence-corrected chi connectivity index (χ3v) is 4.41. The molecule has 0 aliphatic carbocycles. The zero-order valence-corrected chi connectivity index (χ0v) is 17.1. The molecule has 0 unspecified atom stereocenters. The molecule has 2 aromatic carbocycles. The number of nitrogens with zero attached hydrogens (tertiary/aromatic N) is 1. The second-order valence-electron chi connectivity index (χ2n) is 4.93. The molecule has 0 fully saturated rings. The van der Waals surface area contributed by atoms with E-state index in [9.17, 15) is 4.79 Å². The Hall–Kier alpha value is -2.30. The van der Waals surface area contributed by atoms with Crippen molar-refractivity contribution < 1.29 is 14.3 Å². The SMILES string of the molecule is C#CCOc1c(Br)cc(/C=N\NC(=O)c2ccccc2Br)cc1OCC. The number of amides is 1. The van der Waals surface area contributed by atoms with Crippen molar-refractivity contribution in [1.82, 2.24) is 5.43 Å². The number of hydrogen-bond acceptors (Lipinski definition) is 4. The number of hydrazone groups is 1. The summed E-state index contributed by atoms with van der Waals surface area (Å²) in [5, 5.41) is 4.00. The molecule has 2 aromatic rings. The Balaban J connectivity index is 2.16. The van der Waals surface area contributed by atoms with Gasteiger partial charge in [-0.05, 0) is 68.6 Å². The first-order chi connectivity index (χ1) is 12.6. The smallest absolute Gasteiger partial charge is 0.272 e. The molecule has 0 bridgehead atoms. The molecule has 134 valence electrons. The van der Waals surface area contributed by atoms with Crippen molar-refractivity contribution in [1.29, 1.82) is 0 Å². The van der Waals surface area contributed by atoms with Crippen LogP contribution < -0.4 is 14.9 Å². The molecule has 0 aliphatic rings. The predicted octanol–water partition coefficient (Wildman–Crippen LogP) is 4.39. The summed E-state index contributed by atoms with van der Waals surface area (Å²) in [6.07, 6.45) is 6.76. The number of carbonyl (C=O) groups is 1. The van der Waals surface area contributed by atoms with E-state index in [-0.39, 0.29) is 12.5 Å². The lowest BCUT2D eigenvalue weighted by molar-refractivity contribution is 0.0954. The highest BCUT2D eigenvalue weighted by molar-refractivity contribution is 9.10. The van der Waals surface area contributed by atoms with Gasteiger partial charge in [0.15, 0.2) is 11.5 Å². The Kier molecular flexibility index (Phi) is 7.70. The van der Waals surface area contributed by atoms with Crippen LogP contribution in [0.1, 0.15) is 22.8 Å². The molecule has 1 amide bonds. The van der Waals surface area contributed by atoms with E-state index < -0.39 is 0 Å². The lowest BCUT2D eigenvalue weighted by atomic mass is 10.2. The number of hydrogen-bond donors (Lipinski definition) is 1. The van der Waals surface area contributed by atoms with Crippen LogP contribution in [0.25, 0.3) is 0 Å². The monoisotopic (exact) mass is 478 g/mol. The lowest BCUT2D eigenvalue weighted by Crippen LogP contribution is -2.18. The number of halogens is 2. The quantitative estimate of drug-likeness (QED) is 0.364. The number of benzene rings is 2. The van der Waals surface area contributed by atoms with Gasteiger partial charge in [0.05, 0.1) is 22.9 Å². The van der Waals surface area contributed by atoms with E-state index in [1.165, 1.54) is 6.21 Å². The summed E-state index contributed by atoms with van der Waals surface area (Å²) in [5.41, 5.74) is 3.72. The normalized spacial score (nSPS) is 10.4. The maximum atomic E-state index is 12.1. The van der Waals surface area contributed by atoms with E-state index in [2.05, 4.69) is 48.3 Å². The maximum absolute atomic E-state index is 12.1. The molecule has 26 heavy (non-hydrogen) atoms. The van der Waals surface area contributed by atoms with Crippen molar-refractivity contribution in [2.75, 3.05) is 13.2 Å². The van der Waals surface area contributed by atoms with E-state index >= 15 is 0 Å². The standard InChI is InChI=1S/C19H16Br2N2O3/c1-3-9-26-18-16(21)10-13(11-17(18)25-4-2)12-22-23-19(24)14-7-5-6-8-15(14)20/h1,5-8,10-12H,4,9H2,2H3,(H,23,24)/b22-12-. The van der Waals surface area contributed by atoms with Crippen LogP contribution in [0.2, 0.25) is 0 Å². The third kappa shape index (κ3) is 5.35. The van der Waals surface area contributed by atoms with E-state index in [0.29, 0.717) is 32.6 Å². The van der Waals surface area contributed by atoms with Crippen LogP contribution in [0.15, 0.2) is 50.4 Å². The van der Waals surface area contributed by atoms with Crippen molar-refractivity contribution in [2.45, 2.75) is 6.92 Å². The highest BCUT2D eigenvalue weighted by Gasteiger charge is 2.12. The van der Waals surface area contributed by atoms with Gasteiger partial charge in [0.25, 0.3) is 5.91 Å². The van der Waals surface area contributed by atoms with Crippen LogP contribution in [0.5, 0.6) is 11.5 Å². The minimum Gasteiger partial charge on any atom is -0.490 e. The van der Waals surface area contributed by atoms with Gasteiger partial charge in [-0.25, -0.2) is 5.43 Å². The van der Waals surface area contributed by atoms with Crippen LogP contribution in [0.3, 0.4) is 0 Å². The summed E-state index contributed by atoms with van der Waals surface area (Å²) in [6.45, 7) is 2.48. The van der Waals surface area contributed by atoms with Crippen LogP contribution in [-0.2, 0) is 0 Å². The second-order valence-corrected chi connectivity index (χ2v) is 6.64. The van der Waals surface area contributed by atoms with Crippen LogP contribution in [0, 0.1) is 12.3 Å². The predicted molar refractivity (Wildman–Crippen MR) is 109 cm³/mol. The van der Waals surface area contributed by atoms with E-state index in [4.69, 9.17) is 15.9 Å². The Morgan fingerprint density at radius 1 is 1.27 bits per heavy atom. The molecule has 5 nitrogen and oxygen atoms in total. The Morgan fingerprint density at radius 2 is 2.04 bits per heavy atom. The molecule has 0 saturated carbocycles. The number of terminal acetylenes is 1. The number of ether oxygens (including phenoxy) is 2. The number of rotatable bonds is 7. The molecule has 0 spiro atoms. The maximum Gasteiger partial charge on any atom is 0.272 e. The molecular weight excluding hydrogens is 464 g/mol. The van der Waals surface area contributed by atoms with E-state index in [1.807, 2.05) is 13.0 Å². The van der Waals surface area contributed by atoms with Crippen LogP contribution in [-0.4, -0.2) is 25.3 Å². The molecule has 0 atom stereocenters. The van der Waals surface area contributed by atoms with E-state index in [0.717, 1.165) is 5.56 Å². The highest BCUT2D eigenvalue weighted by Crippen LogP contribution is 2.36. The molecule has 7 heteroatoms. The third-order valence-electron chi connectivity index (χ3n) is 3.13. The molecule has 0 aliphatic heterocycles. The summed E-state index contributed by atoms with van der Waals surface area (Å²) in [7, 11) is 0. The molecule has 2 rings (SSSR count). The average molecular weight is 480 g/mol. The Bertz CT molecular complexity index is 860. The lowest BCUT2D eigenvalue weighted by Gasteiger charge is -2.13. The van der Waals surface area contributed by atoms with Gasteiger partial charge in [0, 0.05) is 4.47 Å². The second kappa shape index (κ2) is 10.00. The first kappa shape index (κ1) is 20.0. The van der Waals surface area contributed by atoms with Gasteiger partial charge in [-0.3, -0.25) is 4.79 Å². The zero-order chi connectivity index (χ0) is 18.9. The van der Waals surface area contributed by atoms with Gasteiger partial charge in [0.2, 0.25) is 0 Å². The molecular formula is C19H16Br2N2O3. The van der Waals surface area contributed by atoms with Crippen molar-refractivity contribution in [3.8, 4) is 23.8 Å². The highest BCUT2D eigenvalue weighted by atomic mass is 79.9. The van der Waals surface area contributed by atoms with Crippen molar-refractivity contribution >= 4 is 44.0 Å². The fourth-order valence-corrected chi connectivity index (χ4v) is 3.09.